The lowest BCUT2D eigenvalue weighted by Crippen LogP contribution is -2.35. The number of thioether (sulfide) groups is 1. The van der Waals surface area contributed by atoms with Crippen LogP contribution in [-0.2, 0) is 6.54 Å². The molecule has 1 aromatic rings. The van der Waals surface area contributed by atoms with E-state index in [-0.39, 0.29) is 11.4 Å². The summed E-state index contributed by atoms with van der Waals surface area (Å²) in [6, 6.07) is 5.49. The van der Waals surface area contributed by atoms with Crippen molar-refractivity contribution in [3.05, 3.63) is 29.6 Å². The lowest BCUT2D eigenvalue weighted by Gasteiger charge is -2.22. The number of nitrogens with zero attached hydrogens (tertiary/aromatic N) is 1. The summed E-state index contributed by atoms with van der Waals surface area (Å²) in [5.74, 6) is 0.861. The molecule has 4 heteroatoms. The zero-order chi connectivity index (χ0) is 14.5. The van der Waals surface area contributed by atoms with Crippen molar-refractivity contribution in [1.82, 2.24) is 5.32 Å². The van der Waals surface area contributed by atoms with Crippen LogP contribution in [0.25, 0.3) is 0 Å². The number of halogens is 1. The molecule has 0 fully saturated rings. The Labute approximate surface area is 120 Å². The molecule has 19 heavy (non-hydrogen) atoms. The van der Waals surface area contributed by atoms with Gasteiger partial charge in [-0.05, 0) is 44.7 Å². The standard InChI is InChI=1S/C15H25FN2S/c1-15(2,3)17-11-12-6-7-14(13(16)10-12)18(4)8-9-19-5/h6-7,10,17H,8-9,11H2,1-5H3. The van der Waals surface area contributed by atoms with Gasteiger partial charge < -0.3 is 10.2 Å². The number of nitrogens with one attached hydrogen (secondary N) is 1. The predicted octanol–water partition coefficient (Wildman–Crippen LogP) is 3.51. The average molecular weight is 284 g/mol. The van der Waals surface area contributed by atoms with Crippen molar-refractivity contribution in [3.63, 3.8) is 0 Å². The Morgan fingerprint density at radius 1 is 1.32 bits per heavy atom. The quantitative estimate of drug-likeness (QED) is 0.860. The Morgan fingerprint density at radius 2 is 2.00 bits per heavy atom. The number of hydrogen-bond acceptors (Lipinski definition) is 3. The Hall–Kier alpha value is -0.740. The summed E-state index contributed by atoms with van der Waals surface area (Å²) in [4.78, 5) is 1.97. The van der Waals surface area contributed by atoms with Crippen LogP contribution < -0.4 is 10.2 Å². The SMILES string of the molecule is CSCCN(C)c1ccc(CNC(C)(C)C)cc1F. The molecule has 0 aliphatic rings. The second-order valence-corrected chi connectivity index (χ2v) is 6.79. The minimum absolute atomic E-state index is 0.0459. The fraction of sp³-hybridized carbons (Fsp3) is 0.600. The molecule has 1 rings (SSSR count). The van der Waals surface area contributed by atoms with E-state index in [4.69, 9.17) is 0 Å². The maximum absolute atomic E-state index is 14.1. The molecule has 0 saturated carbocycles. The van der Waals surface area contributed by atoms with Crippen molar-refractivity contribution in [2.45, 2.75) is 32.9 Å². The molecule has 108 valence electrons. The Kier molecular flexibility index (Phi) is 6.14. The van der Waals surface area contributed by atoms with Crippen molar-refractivity contribution < 1.29 is 4.39 Å². The van der Waals surface area contributed by atoms with Gasteiger partial charge in [-0.25, -0.2) is 4.39 Å². The van der Waals surface area contributed by atoms with E-state index < -0.39 is 0 Å². The molecule has 0 saturated heterocycles. The molecule has 0 aromatic heterocycles. The molecule has 0 atom stereocenters. The van der Waals surface area contributed by atoms with Crippen LogP contribution in [0.15, 0.2) is 18.2 Å². The van der Waals surface area contributed by atoms with Gasteiger partial charge in [0.2, 0.25) is 0 Å². The van der Waals surface area contributed by atoms with E-state index >= 15 is 0 Å². The van der Waals surface area contributed by atoms with Gasteiger partial charge in [0.05, 0.1) is 5.69 Å². The minimum atomic E-state index is -0.142. The van der Waals surface area contributed by atoms with E-state index in [2.05, 4.69) is 32.3 Å². The van der Waals surface area contributed by atoms with Crippen LogP contribution in [0.2, 0.25) is 0 Å². The molecule has 0 unspecified atom stereocenters. The van der Waals surface area contributed by atoms with Crippen LogP contribution in [0.1, 0.15) is 26.3 Å². The molecular weight excluding hydrogens is 259 g/mol. The lowest BCUT2D eigenvalue weighted by molar-refractivity contribution is 0.423. The van der Waals surface area contributed by atoms with E-state index in [1.54, 1.807) is 17.8 Å². The molecule has 0 amide bonds. The highest BCUT2D eigenvalue weighted by atomic mass is 32.2. The largest absolute Gasteiger partial charge is 0.371 e. The van der Waals surface area contributed by atoms with Gasteiger partial charge in [0.1, 0.15) is 5.82 Å². The molecule has 0 aliphatic carbocycles. The van der Waals surface area contributed by atoms with E-state index in [0.717, 1.165) is 17.9 Å². The first-order chi connectivity index (χ1) is 8.83. The van der Waals surface area contributed by atoms with Gasteiger partial charge in [-0.1, -0.05) is 6.07 Å². The van der Waals surface area contributed by atoms with Gasteiger partial charge in [-0.15, -0.1) is 0 Å². The van der Waals surface area contributed by atoms with E-state index in [1.165, 1.54) is 0 Å². The fourth-order valence-corrected chi connectivity index (χ4v) is 2.14. The second kappa shape index (κ2) is 7.15. The first-order valence-electron chi connectivity index (χ1n) is 6.57. The maximum atomic E-state index is 14.1. The first kappa shape index (κ1) is 16.3. The van der Waals surface area contributed by atoms with Crippen molar-refractivity contribution in [2.24, 2.45) is 0 Å². The molecule has 0 radical (unpaired) electrons. The highest BCUT2D eigenvalue weighted by molar-refractivity contribution is 7.98. The summed E-state index contributed by atoms with van der Waals surface area (Å²) in [6.07, 6.45) is 2.06. The Balaban J connectivity index is 2.69. The maximum Gasteiger partial charge on any atom is 0.146 e. The molecule has 0 heterocycles. The molecule has 0 bridgehead atoms. The molecular formula is C15H25FN2S. The van der Waals surface area contributed by atoms with Crippen LogP contribution >= 0.6 is 11.8 Å². The van der Waals surface area contributed by atoms with Crippen molar-refractivity contribution in [2.75, 3.05) is 30.5 Å². The van der Waals surface area contributed by atoms with Crippen LogP contribution in [0.5, 0.6) is 0 Å². The summed E-state index contributed by atoms with van der Waals surface area (Å²) in [5.41, 5.74) is 1.70. The van der Waals surface area contributed by atoms with Crippen LogP contribution in [0.4, 0.5) is 10.1 Å². The summed E-state index contributed by atoms with van der Waals surface area (Å²) in [7, 11) is 1.93. The molecule has 1 N–H and O–H groups in total. The summed E-state index contributed by atoms with van der Waals surface area (Å²) in [5, 5.41) is 3.36. The number of hydrogen-bond donors (Lipinski definition) is 1. The fourth-order valence-electron chi connectivity index (χ4n) is 1.69. The van der Waals surface area contributed by atoms with E-state index in [0.29, 0.717) is 12.2 Å². The highest BCUT2D eigenvalue weighted by Gasteiger charge is 2.11. The zero-order valence-corrected chi connectivity index (χ0v) is 13.4. The van der Waals surface area contributed by atoms with E-state index in [9.17, 15) is 4.39 Å². The third-order valence-corrected chi connectivity index (χ3v) is 3.47. The van der Waals surface area contributed by atoms with E-state index in [1.807, 2.05) is 24.1 Å². The van der Waals surface area contributed by atoms with Gasteiger partial charge in [-0.2, -0.15) is 11.8 Å². The van der Waals surface area contributed by atoms with Gasteiger partial charge in [0, 0.05) is 31.4 Å². The zero-order valence-electron chi connectivity index (χ0n) is 12.6. The monoisotopic (exact) mass is 284 g/mol. The summed E-state index contributed by atoms with van der Waals surface area (Å²) >= 11 is 1.77. The average Bonchev–Trinajstić information content (AvgIpc) is 2.32. The third-order valence-electron chi connectivity index (χ3n) is 2.88. The summed E-state index contributed by atoms with van der Waals surface area (Å²) < 4.78 is 14.1. The lowest BCUT2D eigenvalue weighted by atomic mass is 10.1. The normalized spacial score (nSPS) is 11.7. The van der Waals surface area contributed by atoms with Crippen LogP contribution in [0, 0.1) is 5.82 Å². The summed E-state index contributed by atoms with van der Waals surface area (Å²) in [6.45, 7) is 7.86. The van der Waals surface area contributed by atoms with Gasteiger partial charge in [-0.3, -0.25) is 0 Å². The number of benzene rings is 1. The van der Waals surface area contributed by atoms with Crippen molar-refractivity contribution in [1.29, 1.82) is 0 Å². The molecule has 0 aliphatic heterocycles. The van der Waals surface area contributed by atoms with Gasteiger partial charge >= 0.3 is 0 Å². The predicted molar refractivity (Wildman–Crippen MR) is 84.6 cm³/mol. The third kappa shape index (κ3) is 5.83. The van der Waals surface area contributed by atoms with Gasteiger partial charge in [0.25, 0.3) is 0 Å². The minimum Gasteiger partial charge on any atom is -0.371 e. The van der Waals surface area contributed by atoms with Crippen LogP contribution in [-0.4, -0.2) is 31.1 Å². The van der Waals surface area contributed by atoms with Crippen LogP contribution in [0.3, 0.4) is 0 Å². The highest BCUT2D eigenvalue weighted by Crippen LogP contribution is 2.20. The Morgan fingerprint density at radius 3 is 2.53 bits per heavy atom. The number of rotatable bonds is 6. The molecule has 0 spiro atoms. The topological polar surface area (TPSA) is 15.3 Å². The van der Waals surface area contributed by atoms with Gasteiger partial charge in [0.15, 0.2) is 0 Å². The molecule has 2 nitrogen and oxygen atoms in total. The molecule has 1 aromatic carbocycles. The first-order valence-corrected chi connectivity index (χ1v) is 7.96. The van der Waals surface area contributed by atoms with Crippen molar-refractivity contribution in [3.8, 4) is 0 Å². The second-order valence-electron chi connectivity index (χ2n) is 5.80. The smallest absolute Gasteiger partial charge is 0.146 e. The Bertz CT molecular complexity index is 402. The number of anilines is 1. The van der Waals surface area contributed by atoms with Crippen molar-refractivity contribution >= 4 is 17.4 Å².